The monoisotopic (exact) mass is 274 g/mol. The van der Waals surface area contributed by atoms with Crippen molar-refractivity contribution in [1.29, 1.82) is 0 Å². The molecule has 3 rings (SSSR count). The maximum Gasteiger partial charge on any atom is 0.155 e. The molecule has 1 aliphatic rings. The minimum atomic E-state index is 0.508. The minimum Gasteiger partial charge on any atom is -0.381 e. The predicted molar refractivity (Wildman–Crippen MR) is 77.6 cm³/mol. The number of hydrogen-bond acceptors (Lipinski definition) is 4. The number of aromatic nitrogens is 3. The number of nitrogens with one attached hydrogen (secondary N) is 1. The van der Waals surface area contributed by atoms with E-state index in [1.165, 1.54) is 5.56 Å². The molecule has 1 N–H and O–H groups in total. The van der Waals surface area contributed by atoms with E-state index >= 15 is 0 Å². The molecule has 0 saturated carbocycles. The average Bonchev–Trinajstić information content (AvgIpc) is 2.85. The molecule has 2 aromatic heterocycles. The summed E-state index contributed by atoms with van der Waals surface area (Å²) in [5, 5.41) is 8.00. The first kappa shape index (κ1) is 13.5. The molecule has 3 heterocycles. The van der Waals surface area contributed by atoms with Crippen LogP contribution in [-0.4, -0.2) is 33.9 Å². The summed E-state index contributed by atoms with van der Waals surface area (Å²) in [4.78, 5) is 4.43. The quantitative estimate of drug-likeness (QED) is 0.925. The molecule has 1 aliphatic heterocycles. The Morgan fingerprint density at radius 1 is 1.45 bits per heavy atom. The van der Waals surface area contributed by atoms with Crippen LogP contribution in [0.2, 0.25) is 0 Å². The van der Waals surface area contributed by atoms with Gasteiger partial charge in [-0.15, -0.1) is 0 Å². The van der Waals surface area contributed by atoms with Crippen LogP contribution in [0.1, 0.15) is 31.0 Å². The Hall–Kier alpha value is -1.46. The number of nitrogens with zero attached hydrogens (tertiary/aromatic N) is 3. The van der Waals surface area contributed by atoms with E-state index in [-0.39, 0.29) is 0 Å². The van der Waals surface area contributed by atoms with Crippen molar-refractivity contribution in [2.45, 2.75) is 39.3 Å². The fourth-order valence-electron chi connectivity index (χ4n) is 2.79. The Morgan fingerprint density at radius 2 is 2.25 bits per heavy atom. The zero-order valence-electron chi connectivity index (χ0n) is 12.2. The summed E-state index contributed by atoms with van der Waals surface area (Å²) in [6.07, 6.45) is 6.30. The third kappa shape index (κ3) is 2.99. The van der Waals surface area contributed by atoms with Crippen molar-refractivity contribution in [2.75, 3.05) is 13.2 Å². The number of hydrogen-bond donors (Lipinski definition) is 1. The van der Waals surface area contributed by atoms with Crippen LogP contribution in [0.15, 0.2) is 18.5 Å². The third-order valence-corrected chi connectivity index (χ3v) is 4.09. The van der Waals surface area contributed by atoms with Crippen molar-refractivity contribution in [3.8, 4) is 0 Å². The van der Waals surface area contributed by atoms with E-state index in [9.17, 15) is 0 Å². The van der Waals surface area contributed by atoms with Gasteiger partial charge in [0.15, 0.2) is 5.65 Å². The standard InChI is InChI=1S/C15H22N4O/c1-11-7-15-17-9-13(10-19(15)18-11)8-16-12(2)14-3-5-20-6-4-14/h7,9-10,12,14,16H,3-6,8H2,1-2H3. The van der Waals surface area contributed by atoms with Crippen molar-refractivity contribution >= 4 is 5.65 Å². The van der Waals surface area contributed by atoms with Gasteiger partial charge in [0.25, 0.3) is 0 Å². The largest absolute Gasteiger partial charge is 0.381 e. The summed E-state index contributed by atoms with van der Waals surface area (Å²) >= 11 is 0. The van der Waals surface area contributed by atoms with Gasteiger partial charge in [-0.25, -0.2) is 9.50 Å². The highest BCUT2D eigenvalue weighted by Crippen LogP contribution is 2.18. The van der Waals surface area contributed by atoms with Gasteiger partial charge in [-0.2, -0.15) is 5.10 Å². The van der Waals surface area contributed by atoms with Crippen LogP contribution in [0, 0.1) is 12.8 Å². The normalized spacial score (nSPS) is 18.5. The summed E-state index contributed by atoms with van der Waals surface area (Å²) in [7, 11) is 0. The first-order chi connectivity index (χ1) is 9.72. The first-order valence-electron chi connectivity index (χ1n) is 7.34. The van der Waals surface area contributed by atoms with Crippen molar-refractivity contribution in [3.63, 3.8) is 0 Å². The van der Waals surface area contributed by atoms with Gasteiger partial charge in [0.1, 0.15) is 0 Å². The fourth-order valence-corrected chi connectivity index (χ4v) is 2.79. The van der Waals surface area contributed by atoms with E-state index in [1.807, 2.05) is 23.7 Å². The Morgan fingerprint density at radius 3 is 3.05 bits per heavy atom. The van der Waals surface area contributed by atoms with Crippen LogP contribution < -0.4 is 5.32 Å². The van der Waals surface area contributed by atoms with Crippen LogP contribution >= 0.6 is 0 Å². The zero-order chi connectivity index (χ0) is 13.9. The Balaban J connectivity index is 1.61. The van der Waals surface area contributed by atoms with Gasteiger partial charge in [0, 0.05) is 49.8 Å². The van der Waals surface area contributed by atoms with Crippen LogP contribution in [-0.2, 0) is 11.3 Å². The molecule has 0 aromatic carbocycles. The molecule has 1 saturated heterocycles. The lowest BCUT2D eigenvalue weighted by Gasteiger charge is -2.28. The highest BCUT2D eigenvalue weighted by atomic mass is 16.5. The topological polar surface area (TPSA) is 51.5 Å². The molecule has 108 valence electrons. The lowest BCUT2D eigenvalue weighted by Crippen LogP contribution is -2.36. The van der Waals surface area contributed by atoms with E-state index in [2.05, 4.69) is 28.5 Å². The highest BCUT2D eigenvalue weighted by molar-refractivity contribution is 5.38. The highest BCUT2D eigenvalue weighted by Gasteiger charge is 2.19. The molecule has 0 spiro atoms. The summed E-state index contributed by atoms with van der Waals surface area (Å²) in [6, 6.07) is 2.50. The van der Waals surface area contributed by atoms with Gasteiger partial charge >= 0.3 is 0 Å². The summed E-state index contributed by atoms with van der Waals surface area (Å²) in [5.74, 6) is 0.715. The maximum absolute atomic E-state index is 5.41. The van der Waals surface area contributed by atoms with Gasteiger partial charge in [-0.1, -0.05) is 0 Å². The second-order valence-corrected chi connectivity index (χ2v) is 5.67. The smallest absolute Gasteiger partial charge is 0.155 e. The van der Waals surface area contributed by atoms with E-state index in [0.29, 0.717) is 12.0 Å². The van der Waals surface area contributed by atoms with Gasteiger partial charge < -0.3 is 10.1 Å². The lowest BCUT2D eigenvalue weighted by atomic mass is 9.93. The number of aryl methyl sites for hydroxylation is 1. The molecular formula is C15H22N4O. The predicted octanol–water partition coefficient (Wildman–Crippen LogP) is 1.94. The molecule has 5 nitrogen and oxygen atoms in total. The van der Waals surface area contributed by atoms with Crippen molar-refractivity contribution in [2.24, 2.45) is 5.92 Å². The SMILES string of the molecule is Cc1cc2ncc(CNC(C)C3CCOCC3)cn2n1. The summed E-state index contributed by atoms with van der Waals surface area (Å²) in [5.41, 5.74) is 3.07. The summed E-state index contributed by atoms with van der Waals surface area (Å²) < 4.78 is 7.27. The molecule has 1 fully saturated rings. The van der Waals surface area contributed by atoms with Crippen LogP contribution in [0.4, 0.5) is 0 Å². The van der Waals surface area contributed by atoms with E-state index in [0.717, 1.165) is 43.9 Å². The van der Waals surface area contributed by atoms with Crippen molar-refractivity contribution in [3.05, 3.63) is 29.7 Å². The molecule has 5 heteroatoms. The molecule has 1 unspecified atom stereocenters. The van der Waals surface area contributed by atoms with Gasteiger partial charge in [-0.3, -0.25) is 0 Å². The molecule has 0 amide bonds. The zero-order valence-corrected chi connectivity index (χ0v) is 12.2. The molecule has 20 heavy (non-hydrogen) atoms. The first-order valence-corrected chi connectivity index (χ1v) is 7.34. The minimum absolute atomic E-state index is 0.508. The van der Waals surface area contributed by atoms with Crippen molar-refractivity contribution < 1.29 is 4.74 Å². The van der Waals surface area contributed by atoms with Gasteiger partial charge in [-0.05, 0) is 32.6 Å². The van der Waals surface area contributed by atoms with Crippen LogP contribution in [0.5, 0.6) is 0 Å². The second-order valence-electron chi connectivity index (χ2n) is 5.67. The molecular weight excluding hydrogens is 252 g/mol. The van der Waals surface area contributed by atoms with Crippen molar-refractivity contribution in [1.82, 2.24) is 19.9 Å². The lowest BCUT2D eigenvalue weighted by molar-refractivity contribution is 0.0558. The third-order valence-electron chi connectivity index (χ3n) is 4.09. The number of ether oxygens (including phenoxy) is 1. The maximum atomic E-state index is 5.41. The fraction of sp³-hybridized carbons (Fsp3) is 0.600. The van der Waals surface area contributed by atoms with E-state index < -0.39 is 0 Å². The number of fused-ring (bicyclic) bond motifs is 1. The summed E-state index contributed by atoms with van der Waals surface area (Å²) in [6.45, 7) is 6.88. The molecule has 0 radical (unpaired) electrons. The number of rotatable bonds is 4. The molecule has 1 atom stereocenters. The van der Waals surface area contributed by atoms with Gasteiger partial charge in [0.2, 0.25) is 0 Å². The Bertz CT molecular complexity index is 574. The van der Waals surface area contributed by atoms with E-state index in [4.69, 9.17) is 4.74 Å². The van der Waals surface area contributed by atoms with Crippen LogP contribution in [0.25, 0.3) is 5.65 Å². The average molecular weight is 274 g/mol. The Kier molecular flexibility index (Phi) is 3.98. The molecule has 2 aromatic rings. The second kappa shape index (κ2) is 5.89. The molecule has 0 bridgehead atoms. The molecule has 0 aliphatic carbocycles. The Labute approximate surface area is 119 Å². The van der Waals surface area contributed by atoms with Crippen LogP contribution in [0.3, 0.4) is 0 Å². The van der Waals surface area contributed by atoms with E-state index in [1.54, 1.807) is 0 Å². The van der Waals surface area contributed by atoms with Gasteiger partial charge in [0.05, 0.1) is 5.69 Å².